The number of unbranched alkanes of at least 4 members (excludes halogenated alkanes) is 5. The number of ether oxygens (including phenoxy) is 1. The van der Waals surface area contributed by atoms with Gasteiger partial charge in [-0.25, -0.2) is 4.79 Å². The molecule has 1 saturated heterocycles. The Kier molecular flexibility index (Phi) is 8.71. The van der Waals surface area contributed by atoms with Gasteiger partial charge in [0, 0.05) is 18.2 Å². The third kappa shape index (κ3) is 6.98. The Morgan fingerprint density at radius 3 is 2.86 bits per heavy atom. The highest BCUT2D eigenvalue weighted by Crippen LogP contribution is 2.23. The van der Waals surface area contributed by atoms with Gasteiger partial charge < -0.3 is 14.1 Å². The molecule has 1 aliphatic rings. The van der Waals surface area contributed by atoms with Crippen molar-refractivity contribution in [3.05, 3.63) is 41.6 Å². The summed E-state index contributed by atoms with van der Waals surface area (Å²) in [5, 5.41) is 4.18. The summed E-state index contributed by atoms with van der Waals surface area (Å²) in [7, 11) is 0. The number of aryl methyl sites for hydroxylation is 1. The van der Waals surface area contributed by atoms with E-state index in [4.69, 9.17) is 14.1 Å². The molecular formula is C23H32N2O4. The highest BCUT2D eigenvalue weighted by atomic mass is 16.7. The maximum Gasteiger partial charge on any atom is 0.356 e. The first kappa shape index (κ1) is 21.5. The minimum Gasteiger partial charge on any atom is -0.364 e. The summed E-state index contributed by atoms with van der Waals surface area (Å²) in [6.45, 7) is 2.92. The molecular weight excluding hydrogens is 368 g/mol. The monoisotopic (exact) mass is 400 g/mol. The molecule has 3 rings (SSSR count). The lowest BCUT2D eigenvalue weighted by Gasteiger charge is -2.22. The number of carbonyl (C=O) groups is 1. The molecule has 158 valence electrons. The SMILES string of the molecule is CCCCCCCCc1cc(-c2cccc(C(=O)ONC3CCCCO3)c2)on1. The van der Waals surface area contributed by atoms with Gasteiger partial charge in [0.1, 0.15) is 6.23 Å². The quantitative estimate of drug-likeness (QED) is 0.400. The molecule has 0 radical (unpaired) electrons. The molecule has 2 heterocycles. The standard InChI is InChI=1S/C23H32N2O4/c1-2-3-4-5-6-7-13-20-17-21(28-24-20)18-11-10-12-19(16-18)23(26)29-25-22-14-8-9-15-27-22/h10-12,16-17,22,25H,2-9,13-15H2,1H3. The fourth-order valence-electron chi connectivity index (χ4n) is 3.46. The van der Waals surface area contributed by atoms with Gasteiger partial charge in [-0.05, 0) is 44.2 Å². The average Bonchev–Trinajstić information content (AvgIpc) is 3.24. The summed E-state index contributed by atoms with van der Waals surface area (Å²) in [4.78, 5) is 17.5. The van der Waals surface area contributed by atoms with E-state index in [1.165, 1.54) is 32.1 Å². The van der Waals surface area contributed by atoms with Gasteiger partial charge >= 0.3 is 5.97 Å². The van der Waals surface area contributed by atoms with Crippen molar-refractivity contribution in [2.75, 3.05) is 6.61 Å². The second-order valence-corrected chi connectivity index (χ2v) is 7.64. The van der Waals surface area contributed by atoms with Gasteiger partial charge in [0.15, 0.2) is 5.76 Å². The Labute approximate surface area is 172 Å². The number of nitrogens with one attached hydrogen (secondary N) is 1. The molecule has 2 aromatic rings. The number of hydrogen-bond acceptors (Lipinski definition) is 6. The van der Waals surface area contributed by atoms with Crippen molar-refractivity contribution in [1.82, 2.24) is 10.6 Å². The second kappa shape index (κ2) is 11.7. The molecule has 1 aliphatic heterocycles. The summed E-state index contributed by atoms with van der Waals surface area (Å²) in [6, 6.07) is 9.18. The summed E-state index contributed by atoms with van der Waals surface area (Å²) in [5.41, 5.74) is 4.95. The van der Waals surface area contributed by atoms with Crippen molar-refractivity contribution in [2.24, 2.45) is 0 Å². The maximum absolute atomic E-state index is 12.3. The van der Waals surface area contributed by atoms with Crippen LogP contribution >= 0.6 is 0 Å². The largest absolute Gasteiger partial charge is 0.364 e. The molecule has 1 atom stereocenters. The zero-order valence-electron chi connectivity index (χ0n) is 17.3. The third-order valence-electron chi connectivity index (χ3n) is 5.19. The smallest absolute Gasteiger partial charge is 0.356 e. The predicted molar refractivity (Wildman–Crippen MR) is 111 cm³/mol. The zero-order valence-corrected chi connectivity index (χ0v) is 17.3. The van der Waals surface area contributed by atoms with Crippen molar-refractivity contribution >= 4 is 5.97 Å². The van der Waals surface area contributed by atoms with E-state index in [2.05, 4.69) is 17.6 Å². The summed E-state index contributed by atoms with van der Waals surface area (Å²) >= 11 is 0. The first-order chi connectivity index (χ1) is 14.3. The number of carbonyl (C=O) groups excluding carboxylic acids is 1. The third-order valence-corrected chi connectivity index (χ3v) is 5.19. The van der Waals surface area contributed by atoms with Crippen LogP contribution in [0.5, 0.6) is 0 Å². The molecule has 6 heteroatoms. The van der Waals surface area contributed by atoms with E-state index < -0.39 is 5.97 Å². The van der Waals surface area contributed by atoms with Crippen LogP contribution in [0.1, 0.15) is 80.8 Å². The molecule has 1 aromatic heterocycles. The number of aromatic nitrogens is 1. The van der Waals surface area contributed by atoms with Gasteiger partial charge in [-0.15, -0.1) is 5.48 Å². The minimum atomic E-state index is -0.437. The molecule has 0 saturated carbocycles. The van der Waals surface area contributed by atoms with E-state index in [1.54, 1.807) is 12.1 Å². The van der Waals surface area contributed by atoms with Gasteiger partial charge in [-0.1, -0.05) is 56.3 Å². The van der Waals surface area contributed by atoms with Crippen molar-refractivity contribution in [1.29, 1.82) is 0 Å². The van der Waals surface area contributed by atoms with Crippen LogP contribution in [0.15, 0.2) is 34.9 Å². The number of hydroxylamine groups is 1. The van der Waals surface area contributed by atoms with Crippen LogP contribution in [0.4, 0.5) is 0 Å². The van der Waals surface area contributed by atoms with Crippen LogP contribution in [0.2, 0.25) is 0 Å². The van der Waals surface area contributed by atoms with Crippen molar-refractivity contribution in [3.63, 3.8) is 0 Å². The summed E-state index contributed by atoms with van der Waals surface area (Å²) in [5.74, 6) is 0.233. The molecule has 1 aromatic carbocycles. The van der Waals surface area contributed by atoms with Crippen LogP contribution in [0, 0.1) is 0 Å². The Balaban J connectivity index is 1.49. The lowest BCUT2D eigenvalue weighted by Crippen LogP contribution is -2.36. The lowest BCUT2D eigenvalue weighted by atomic mass is 10.1. The molecule has 1 unspecified atom stereocenters. The molecule has 29 heavy (non-hydrogen) atoms. The van der Waals surface area contributed by atoms with Crippen molar-refractivity contribution in [3.8, 4) is 11.3 Å². The van der Waals surface area contributed by atoms with Crippen LogP contribution in [0.3, 0.4) is 0 Å². The first-order valence-electron chi connectivity index (χ1n) is 10.9. The van der Waals surface area contributed by atoms with Crippen molar-refractivity contribution in [2.45, 2.75) is 77.4 Å². The Morgan fingerprint density at radius 2 is 2.03 bits per heavy atom. The predicted octanol–water partition coefficient (Wildman–Crippen LogP) is 5.43. The fourth-order valence-corrected chi connectivity index (χ4v) is 3.46. The molecule has 0 aliphatic carbocycles. The topological polar surface area (TPSA) is 73.6 Å². The maximum atomic E-state index is 12.3. The van der Waals surface area contributed by atoms with E-state index in [-0.39, 0.29) is 6.23 Å². The van der Waals surface area contributed by atoms with Gasteiger partial charge in [-0.2, -0.15) is 0 Å². The van der Waals surface area contributed by atoms with Crippen molar-refractivity contribution < 1.29 is 18.9 Å². The zero-order chi connectivity index (χ0) is 20.3. The van der Waals surface area contributed by atoms with Gasteiger partial charge in [-0.3, -0.25) is 0 Å². The van der Waals surface area contributed by atoms with E-state index >= 15 is 0 Å². The highest BCUT2D eigenvalue weighted by Gasteiger charge is 2.17. The van der Waals surface area contributed by atoms with E-state index in [0.717, 1.165) is 43.4 Å². The minimum absolute atomic E-state index is 0.227. The molecule has 0 amide bonds. The average molecular weight is 401 g/mol. The van der Waals surface area contributed by atoms with E-state index in [0.29, 0.717) is 17.9 Å². The van der Waals surface area contributed by atoms with Gasteiger partial charge in [0.05, 0.1) is 11.3 Å². The number of benzene rings is 1. The summed E-state index contributed by atoms with van der Waals surface area (Å²) < 4.78 is 11.0. The Hall–Kier alpha value is -2.18. The van der Waals surface area contributed by atoms with Crippen LogP contribution in [0.25, 0.3) is 11.3 Å². The van der Waals surface area contributed by atoms with Gasteiger partial charge in [0.2, 0.25) is 0 Å². The lowest BCUT2D eigenvalue weighted by molar-refractivity contribution is -0.0856. The highest BCUT2D eigenvalue weighted by molar-refractivity contribution is 5.90. The van der Waals surface area contributed by atoms with E-state index in [9.17, 15) is 4.79 Å². The second-order valence-electron chi connectivity index (χ2n) is 7.64. The molecule has 0 spiro atoms. The Bertz CT molecular complexity index is 753. The number of rotatable bonds is 11. The number of nitrogens with zero attached hydrogens (tertiary/aromatic N) is 1. The summed E-state index contributed by atoms with van der Waals surface area (Å²) in [6.07, 6.45) is 11.2. The molecule has 6 nitrogen and oxygen atoms in total. The molecule has 1 fully saturated rings. The number of hydrogen-bond donors (Lipinski definition) is 1. The van der Waals surface area contributed by atoms with Gasteiger partial charge in [0.25, 0.3) is 0 Å². The first-order valence-corrected chi connectivity index (χ1v) is 10.9. The fraction of sp³-hybridized carbons (Fsp3) is 0.565. The van der Waals surface area contributed by atoms with Crippen LogP contribution in [-0.2, 0) is 16.0 Å². The van der Waals surface area contributed by atoms with Crippen LogP contribution < -0.4 is 5.48 Å². The normalized spacial score (nSPS) is 16.7. The molecule has 0 bridgehead atoms. The van der Waals surface area contributed by atoms with Crippen LogP contribution in [-0.4, -0.2) is 24.0 Å². The van der Waals surface area contributed by atoms with E-state index in [1.807, 2.05) is 18.2 Å². The molecule has 1 N–H and O–H groups in total. The Morgan fingerprint density at radius 1 is 1.17 bits per heavy atom.